The summed E-state index contributed by atoms with van der Waals surface area (Å²) in [5.74, 6) is 0.820. The van der Waals surface area contributed by atoms with Crippen molar-refractivity contribution < 1.29 is 0 Å². The third kappa shape index (κ3) is 1.82. The van der Waals surface area contributed by atoms with E-state index in [9.17, 15) is 0 Å². The molecule has 1 aliphatic rings. The van der Waals surface area contributed by atoms with Gasteiger partial charge < -0.3 is 11.5 Å². The van der Waals surface area contributed by atoms with Gasteiger partial charge in [0.15, 0.2) is 5.82 Å². The Morgan fingerprint density at radius 1 is 0.714 bits per heavy atom. The smallest absolute Gasteiger partial charge is 0.225 e. The van der Waals surface area contributed by atoms with Crippen molar-refractivity contribution in [3.05, 3.63) is 53.6 Å². The van der Waals surface area contributed by atoms with Gasteiger partial charge in [0.1, 0.15) is 0 Å². The van der Waals surface area contributed by atoms with E-state index in [1.165, 1.54) is 22.3 Å². The average Bonchev–Trinajstić information content (AvgIpc) is 2.84. The minimum Gasteiger partial charge on any atom is -0.368 e. The molecule has 0 unspecified atom stereocenters. The van der Waals surface area contributed by atoms with E-state index in [-0.39, 0.29) is 11.9 Å². The fourth-order valence-corrected chi connectivity index (χ4v) is 2.90. The van der Waals surface area contributed by atoms with Gasteiger partial charge in [-0.25, -0.2) is 0 Å². The van der Waals surface area contributed by atoms with Gasteiger partial charge in [-0.15, -0.1) is 0 Å². The van der Waals surface area contributed by atoms with Gasteiger partial charge in [0.25, 0.3) is 0 Å². The molecule has 5 nitrogen and oxygen atoms in total. The summed E-state index contributed by atoms with van der Waals surface area (Å²) in [5.41, 5.74) is 17.3. The van der Waals surface area contributed by atoms with Gasteiger partial charge in [-0.2, -0.15) is 15.0 Å². The van der Waals surface area contributed by atoms with Crippen LogP contribution in [0.15, 0.2) is 42.5 Å². The number of rotatable bonds is 1. The Morgan fingerprint density at radius 3 is 2.19 bits per heavy atom. The Kier molecular flexibility index (Phi) is 2.41. The molecule has 0 saturated heterocycles. The summed E-state index contributed by atoms with van der Waals surface area (Å²) in [4.78, 5) is 12.3. The lowest BCUT2D eigenvalue weighted by atomic mass is 10.0. The van der Waals surface area contributed by atoms with E-state index < -0.39 is 0 Å². The van der Waals surface area contributed by atoms with Gasteiger partial charge in [-0.3, -0.25) is 0 Å². The van der Waals surface area contributed by atoms with Crippen molar-refractivity contribution in [2.75, 3.05) is 11.5 Å². The van der Waals surface area contributed by atoms with Crippen LogP contribution in [0.2, 0.25) is 0 Å². The second kappa shape index (κ2) is 4.28. The number of nitrogens with two attached hydrogens (primary N) is 2. The molecular formula is C16H13N5. The number of aromatic nitrogens is 3. The Hall–Kier alpha value is -2.95. The summed E-state index contributed by atoms with van der Waals surface area (Å²) in [6.45, 7) is 0. The summed E-state index contributed by atoms with van der Waals surface area (Å²) in [5, 5.41) is 0. The van der Waals surface area contributed by atoms with Crippen molar-refractivity contribution in [2.45, 2.75) is 6.42 Å². The zero-order valence-electron chi connectivity index (χ0n) is 11.2. The fraction of sp³-hybridized carbons (Fsp3) is 0.0625. The van der Waals surface area contributed by atoms with Crippen LogP contribution in [-0.4, -0.2) is 15.0 Å². The third-order valence-corrected chi connectivity index (χ3v) is 3.76. The van der Waals surface area contributed by atoms with Gasteiger partial charge in [-0.05, 0) is 28.7 Å². The van der Waals surface area contributed by atoms with Crippen molar-refractivity contribution >= 4 is 11.9 Å². The summed E-state index contributed by atoms with van der Waals surface area (Å²) in [6.07, 6.45) is 0.868. The van der Waals surface area contributed by atoms with Crippen LogP contribution in [0.3, 0.4) is 0 Å². The van der Waals surface area contributed by atoms with Crippen LogP contribution >= 0.6 is 0 Å². The van der Waals surface area contributed by atoms with Crippen molar-refractivity contribution in [1.29, 1.82) is 0 Å². The molecule has 0 amide bonds. The highest BCUT2D eigenvalue weighted by atomic mass is 15.1. The Morgan fingerprint density at radius 2 is 1.38 bits per heavy atom. The van der Waals surface area contributed by atoms with Gasteiger partial charge in [0.05, 0.1) is 0 Å². The number of hydrogen-bond donors (Lipinski definition) is 2. The first-order chi connectivity index (χ1) is 10.2. The van der Waals surface area contributed by atoms with Crippen LogP contribution < -0.4 is 11.5 Å². The van der Waals surface area contributed by atoms with E-state index in [2.05, 4.69) is 45.3 Å². The Balaban J connectivity index is 1.94. The van der Waals surface area contributed by atoms with E-state index >= 15 is 0 Å². The molecular weight excluding hydrogens is 262 g/mol. The maximum atomic E-state index is 5.68. The van der Waals surface area contributed by atoms with Gasteiger partial charge in [-0.1, -0.05) is 42.5 Å². The van der Waals surface area contributed by atoms with Crippen LogP contribution in [0.25, 0.3) is 22.5 Å². The highest BCUT2D eigenvalue weighted by Crippen LogP contribution is 2.40. The van der Waals surface area contributed by atoms with Crippen molar-refractivity contribution in [3.63, 3.8) is 0 Å². The summed E-state index contributed by atoms with van der Waals surface area (Å²) in [6, 6.07) is 14.5. The molecule has 4 rings (SSSR count). The first-order valence-corrected chi connectivity index (χ1v) is 6.70. The number of hydrogen-bond acceptors (Lipinski definition) is 5. The fourth-order valence-electron chi connectivity index (χ4n) is 2.90. The SMILES string of the molecule is Nc1nc(N)nc(-c2cccc3c2Cc2ccccc2-3)n1. The molecule has 1 aliphatic carbocycles. The quantitative estimate of drug-likeness (QED) is 0.556. The minimum absolute atomic E-state index is 0.144. The van der Waals surface area contributed by atoms with E-state index in [0.717, 1.165) is 12.0 Å². The van der Waals surface area contributed by atoms with Crippen molar-refractivity contribution in [3.8, 4) is 22.5 Å². The van der Waals surface area contributed by atoms with Crippen LogP contribution in [0, 0.1) is 0 Å². The van der Waals surface area contributed by atoms with E-state index in [4.69, 9.17) is 11.5 Å². The number of fused-ring (bicyclic) bond motifs is 3. The average molecular weight is 275 g/mol. The molecule has 1 aromatic heterocycles. The Bertz CT molecular complexity index is 837. The van der Waals surface area contributed by atoms with Gasteiger partial charge in [0, 0.05) is 5.56 Å². The maximum Gasteiger partial charge on any atom is 0.225 e. The molecule has 3 aromatic rings. The predicted molar refractivity (Wildman–Crippen MR) is 82.3 cm³/mol. The Labute approximate surface area is 121 Å². The molecule has 1 heterocycles. The van der Waals surface area contributed by atoms with Crippen LogP contribution in [-0.2, 0) is 6.42 Å². The van der Waals surface area contributed by atoms with Crippen molar-refractivity contribution in [1.82, 2.24) is 15.0 Å². The molecule has 0 radical (unpaired) electrons. The number of benzene rings is 2. The summed E-state index contributed by atoms with van der Waals surface area (Å²) in [7, 11) is 0. The zero-order chi connectivity index (χ0) is 14.4. The lowest BCUT2D eigenvalue weighted by molar-refractivity contribution is 1.08. The van der Waals surface area contributed by atoms with Gasteiger partial charge >= 0.3 is 0 Å². The van der Waals surface area contributed by atoms with Gasteiger partial charge in [0.2, 0.25) is 11.9 Å². The first-order valence-electron chi connectivity index (χ1n) is 6.70. The molecule has 5 heteroatoms. The number of nitrogens with zero attached hydrogens (tertiary/aromatic N) is 3. The summed E-state index contributed by atoms with van der Waals surface area (Å²) < 4.78 is 0. The predicted octanol–water partition coefficient (Wildman–Crippen LogP) is 2.27. The molecule has 0 saturated carbocycles. The normalized spacial score (nSPS) is 12.0. The zero-order valence-corrected chi connectivity index (χ0v) is 11.2. The third-order valence-electron chi connectivity index (χ3n) is 3.76. The molecule has 0 spiro atoms. The number of anilines is 2. The van der Waals surface area contributed by atoms with E-state index in [1.807, 2.05) is 12.1 Å². The monoisotopic (exact) mass is 275 g/mol. The second-order valence-corrected chi connectivity index (χ2v) is 5.04. The highest BCUT2D eigenvalue weighted by molar-refractivity contribution is 5.83. The lowest BCUT2D eigenvalue weighted by Crippen LogP contribution is -2.05. The van der Waals surface area contributed by atoms with E-state index in [0.29, 0.717) is 5.82 Å². The van der Waals surface area contributed by atoms with Crippen LogP contribution in [0.5, 0.6) is 0 Å². The van der Waals surface area contributed by atoms with E-state index in [1.54, 1.807) is 0 Å². The van der Waals surface area contributed by atoms with Crippen LogP contribution in [0.4, 0.5) is 11.9 Å². The molecule has 0 atom stereocenters. The molecule has 0 fully saturated rings. The number of nitrogen functional groups attached to an aromatic ring is 2. The van der Waals surface area contributed by atoms with Crippen LogP contribution in [0.1, 0.15) is 11.1 Å². The highest BCUT2D eigenvalue weighted by Gasteiger charge is 2.22. The minimum atomic E-state index is 0.144. The standard InChI is InChI=1S/C16H13N5/c17-15-19-14(20-16(18)21-15)12-7-3-6-11-10-5-2-1-4-9(10)8-13(11)12/h1-7H,8H2,(H4,17,18,19,20,21). The molecule has 0 bridgehead atoms. The van der Waals surface area contributed by atoms with Crippen molar-refractivity contribution in [2.24, 2.45) is 0 Å². The maximum absolute atomic E-state index is 5.68. The molecule has 102 valence electrons. The second-order valence-electron chi connectivity index (χ2n) is 5.04. The lowest BCUT2D eigenvalue weighted by Gasteiger charge is -2.08. The molecule has 4 N–H and O–H groups in total. The topological polar surface area (TPSA) is 90.7 Å². The molecule has 0 aliphatic heterocycles. The first kappa shape index (κ1) is 11.8. The summed E-state index contributed by atoms with van der Waals surface area (Å²) >= 11 is 0. The molecule has 21 heavy (non-hydrogen) atoms. The molecule has 2 aromatic carbocycles. The largest absolute Gasteiger partial charge is 0.368 e.